The van der Waals surface area contributed by atoms with Crippen molar-refractivity contribution >= 4 is 5.91 Å². The zero-order chi connectivity index (χ0) is 17.6. The van der Waals surface area contributed by atoms with Crippen molar-refractivity contribution < 1.29 is 13.6 Å². The molecule has 3 fully saturated rings. The quantitative estimate of drug-likeness (QED) is 0.898. The second-order valence-corrected chi connectivity index (χ2v) is 7.02. The fourth-order valence-corrected chi connectivity index (χ4v) is 4.17. The van der Waals surface area contributed by atoms with Crippen LogP contribution in [0.15, 0.2) is 30.3 Å². The first kappa shape index (κ1) is 16.3. The van der Waals surface area contributed by atoms with E-state index in [1.807, 2.05) is 0 Å². The van der Waals surface area contributed by atoms with Crippen molar-refractivity contribution in [3.8, 4) is 11.3 Å². The number of rotatable bonds is 3. The number of aromatic nitrogens is 1. The molecule has 25 heavy (non-hydrogen) atoms. The molecule has 1 amide bonds. The number of nitrogens with zero attached hydrogens (tertiary/aromatic N) is 1. The van der Waals surface area contributed by atoms with Crippen molar-refractivity contribution in [1.29, 1.82) is 0 Å². The largest absolute Gasteiger partial charge is 0.350 e. The van der Waals surface area contributed by atoms with Gasteiger partial charge in [-0.15, -0.1) is 0 Å². The van der Waals surface area contributed by atoms with Crippen molar-refractivity contribution in [2.45, 2.75) is 31.8 Å². The summed E-state index contributed by atoms with van der Waals surface area (Å²) < 4.78 is 27.0. The highest BCUT2D eigenvalue weighted by Crippen LogP contribution is 2.32. The Balaban J connectivity index is 1.51. The molecule has 0 unspecified atom stereocenters. The molecule has 4 nitrogen and oxygen atoms in total. The van der Waals surface area contributed by atoms with Crippen molar-refractivity contribution in [1.82, 2.24) is 15.2 Å². The van der Waals surface area contributed by atoms with Gasteiger partial charge in [-0.05, 0) is 63.0 Å². The number of halogens is 2. The maximum absolute atomic E-state index is 13.9. The van der Waals surface area contributed by atoms with Crippen LogP contribution < -0.4 is 5.32 Å². The van der Waals surface area contributed by atoms with Gasteiger partial charge < -0.3 is 10.3 Å². The number of piperidine rings is 3. The van der Waals surface area contributed by atoms with E-state index in [2.05, 4.69) is 22.1 Å². The van der Waals surface area contributed by atoms with Gasteiger partial charge in [-0.2, -0.15) is 0 Å². The zero-order valence-corrected chi connectivity index (χ0v) is 14.1. The van der Waals surface area contributed by atoms with Crippen molar-refractivity contribution in [2.75, 3.05) is 13.1 Å². The van der Waals surface area contributed by atoms with E-state index in [9.17, 15) is 13.6 Å². The molecular formula is C19H21F2N3O. The Morgan fingerprint density at radius 1 is 1.20 bits per heavy atom. The molecule has 2 atom stereocenters. The predicted octanol–water partition coefficient (Wildman–Crippen LogP) is 3.17. The molecule has 3 aliphatic heterocycles. The van der Waals surface area contributed by atoms with E-state index >= 15 is 0 Å². The molecule has 132 valence electrons. The smallest absolute Gasteiger partial charge is 0.267 e. The van der Waals surface area contributed by atoms with Crippen LogP contribution in [-0.2, 0) is 0 Å². The van der Waals surface area contributed by atoms with Crippen LogP contribution in [0.1, 0.15) is 30.3 Å². The zero-order valence-electron chi connectivity index (χ0n) is 14.1. The number of carbonyl (C=O) groups is 1. The summed E-state index contributed by atoms with van der Waals surface area (Å²) >= 11 is 0. The molecule has 5 rings (SSSR count). The first-order valence-corrected chi connectivity index (χ1v) is 8.72. The van der Waals surface area contributed by atoms with Gasteiger partial charge in [0, 0.05) is 29.4 Å². The number of H-pyrrole nitrogens is 1. The van der Waals surface area contributed by atoms with Gasteiger partial charge >= 0.3 is 0 Å². The number of nitrogens with one attached hydrogen (secondary N) is 2. The van der Waals surface area contributed by atoms with E-state index < -0.39 is 11.6 Å². The molecule has 4 heterocycles. The Morgan fingerprint density at radius 3 is 2.64 bits per heavy atom. The van der Waals surface area contributed by atoms with E-state index in [4.69, 9.17) is 0 Å². The molecule has 2 bridgehead atoms. The van der Waals surface area contributed by atoms with E-state index in [0.717, 1.165) is 32.0 Å². The van der Waals surface area contributed by atoms with Gasteiger partial charge in [0.05, 0.1) is 0 Å². The fraction of sp³-hybridized carbons (Fsp3) is 0.421. The highest BCUT2D eigenvalue weighted by Gasteiger charge is 2.40. The average molecular weight is 345 g/mol. The molecular weight excluding hydrogens is 324 g/mol. The number of amides is 1. The third kappa shape index (κ3) is 2.95. The molecule has 6 heteroatoms. The molecule has 0 aliphatic carbocycles. The number of carbonyl (C=O) groups excluding carboxylic acids is 1. The molecule has 2 aromatic rings. The molecule has 3 aliphatic rings. The number of aromatic amines is 1. The minimum absolute atomic E-state index is 0.143. The van der Waals surface area contributed by atoms with Gasteiger partial charge in [-0.25, -0.2) is 8.78 Å². The highest BCUT2D eigenvalue weighted by molar-refractivity contribution is 5.93. The average Bonchev–Trinajstić information content (AvgIpc) is 3.08. The summed E-state index contributed by atoms with van der Waals surface area (Å²) in [4.78, 5) is 18.0. The SMILES string of the molecule is C[C@@H]1[C@H](NC(=O)c2ccc(-c3ccc(F)cc3F)[nH]2)C2CCN1CC2. The van der Waals surface area contributed by atoms with Gasteiger partial charge in [-0.1, -0.05) is 0 Å². The molecule has 1 aromatic heterocycles. The van der Waals surface area contributed by atoms with Crippen LogP contribution in [-0.4, -0.2) is 41.0 Å². The second kappa shape index (κ2) is 6.26. The van der Waals surface area contributed by atoms with E-state index in [1.54, 1.807) is 12.1 Å². The first-order valence-electron chi connectivity index (χ1n) is 8.72. The number of hydrogen-bond donors (Lipinski definition) is 2. The van der Waals surface area contributed by atoms with Crippen LogP contribution >= 0.6 is 0 Å². The van der Waals surface area contributed by atoms with Crippen molar-refractivity contribution in [3.05, 3.63) is 47.7 Å². The summed E-state index contributed by atoms with van der Waals surface area (Å²) in [6.07, 6.45) is 2.23. The van der Waals surface area contributed by atoms with E-state index in [1.165, 1.54) is 12.1 Å². The molecule has 3 saturated heterocycles. The first-order chi connectivity index (χ1) is 12.0. The van der Waals surface area contributed by atoms with Gasteiger partial charge in [0.25, 0.3) is 5.91 Å². The summed E-state index contributed by atoms with van der Waals surface area (Å²) in [7, 11) is 0. The maximum atomic E-state index is 13.9. The van der Waals surface area contributed by atoms with Gasteiger partial charge in [0.15, 0.2) is 0 Å². The standard InChI is InChI=1S/C19H21F2N3O/c1-11-18(12-6-8-24(11)9-7-12)23-19(25)17-5-4-16(22-17)14-3-2-13(20)10-15(14)21/h2-5,10-12,18,22H,6-9H2,1H3,(H,23,25)/t11-,18+/m1/s1. The van der Waals surface area contributed by atoms with Crippen LogP contribution in [0.4, 0.5) is 8.78 Å². The second-order valence-electron chi connectivity index (χ2n) is 7.02. The molecule has 1 aromatic carbocycles. The van der Waals surface area contributed by atoms with Gasteiger partial charge in [-0.3, -0.25) is 9.69 Å². The number of fused-ring (bicyclic) bond motifs is 3. The normalized spacial score (nSPS) is 28.1. The number of benzene rings is 1. The van der Waals surface area contributed by atoms with Crippen LogP contribution in [0, 0.1) is 17.6 Å². The predicted molar refractivity (Wildman–Crippen MR) is 91.2 cm³/mol. The van der Waals surface area contributed by atoms with Crippen LogP contribution in [0.2, 0.25) is 0 Å². The van der Waals surface area contributed by atoms with E-state index in [-0.39, 0.29) is 17.5 Å². The van der Waals surface area contributed by atoms with Gasteiger partial charge in [0.2, 0.25) is 0 Å². The third-order valence-corrected chi connectivity index (χ3v) is 5.63. The summed E-state index contributed by atoms with van der Waals surface area (Å²) in [5.74, 6) is -0.936. The summed E-state index contributed by atoms with van der Waals surface area (Å²) in [5.41, 5.74) is 1.10. The van der Waals surface area contributed by atoms with Crippen LogP contribution in [0.5, 0.6) is 0 Å². The molecule has 2 N–H and O–H groups in total. The van der Waals surface area contributed by atoms with Crippen molar-refractivity contribution in [3.63, 3.8) is 0 Å². The Morgan fingerprint density at radius 2 is 1.96 bits per heavy atom. The lowest BCUT2D eigenvalue weighted by Crippen LogP contribution is -2.62. The third-order valence-electron chi connectivity index (χ3n) is 5.63. The van der Waals surface area contributed by atoms with E-state index in [0.29, 0.717) is 23.3 Å². The minimum atomic E-state index is -0.653. The lowest BCUT2D eigenvalue weighted by atomic mass is 9.79. The highest BCUT2D eigenvalue weighted by atomic mass is 19.1. The van der Waals surface area contributed by atoms with Crippen LogP contribution in [0.3, 0.4) is 0 Å². The number of hydrogen-bond acceptors (Lipinski definition) is 2. The Hall–Kier alpha value is -2.21. The molecule has 0 saturated carbocycles. The van der Waals surface area contributed by atoms with Crippen molar-refractivity contribution in [2.24, 2.45) is 5.92 Å². The van der Waals surface area contributed by atoms with Gasteiger partial charge in [0.1, 0.15) is 17.3 Å². The minimum Gasteiger partial charge on any atom is -0.350 e. The lowest BCUT2D eigenvalue weighted by Gasteiger charge is -2.49. The molecule has 0 radical (unpaired) electrons. The molecule has 0 spiro atoms. The monoisotopic (exact) mass is 345 g/mol. The topological polar surface area (TPSA) is 48.1 Å². The Bertz CT molecular complexity index is 794. The maximum Gasteiger partial charge on any atom is 0.267 e. The Labute approximate surface area is 145 Å². The Kier molecular flexibility index (Phi) is 4.07. The summed E-state index contributed by atoms with van der Waals surface area (Å²) in [5, 5.41) is 3.14. The summed E-state index contributed by atoms with van der Waals surface area (Å²) in [6.45, 7) is 4.37. The lowest BCUT2D eigenvalue weighted by molar-refractivity contribution is 0.0216. The summed E-state index contributed by atoms with van der Waals surface area (Å²) in [6, 6.07) is 7.17. The van der Waals surface area contributed by atoms with Crippen LogP contribution in [0.25, 0.3) is 11.3 Å². The fourth-order valence-electron chi connectivity index (χ4n) is 4.17.